The number of hydrogen-bond donors (Lipinski definition) is 1. The van der Waals surface area contributed by atoms with Gasteiger partial charge in [-0.2, -0.15) is 0 Å². The van der Waals surface area contributed by atoms with Gasteiger partial charge in [-0.1, -0.05) is 0 Å². The van der Waals surface area contributed by atoms with Gasteiger partial charge in [0.15, 0.2) is 0 Å². The summed E-state index contributed by atoms with van der Waals surface area (Å²) >= 11 is 3.20. The number of nitrogens with two attached hydrogens (primary N) is 1. The lowest BCUT2D eigenvalue weighted by molar-refractivity contribution is 0.0525. The predicted molar refractivity (Wildman–Crippen MR) is 57.0 cm³/mol. The van der Waals surface area contributed by atoms with Crippen LogP contribution in [0.3, 0.4) is 0 Å². The van der Waals surface area contributed by atoms with Gasteiger partial charge in [0, 0.05) is 0 Å². The molecule has 2 N–H and O–H groups in total. The van der Waals surface area contributed by atoms with Gasteiger partial charge < -0.3 is 10.5 Å². The van der Waals surface area contributed by atoms with Crippen molar-refractivity contribution in [1.29, 1.82) is 0 Å². The first-order valence-corrected chi connectivity index (χ1v) is 4.95. The van der Waals surface area contributed by atoms with Crippen molar-refractivity contribution in [3.05, 3.63) is 21.8 Å². The Balaban J connectivity index is 3.09. The van der Waals surface area contributed by atoms with Crippen LogP contribution >= 0.6 is 15.9 Å². The molecule has 0 radical (unpaired) electrons. The third-order valence-corrected chi connectivity index (χ3v) is 2.32. The fourth-order valence-corrected chi connectivity index (χ4v) is 1.33. The zero-order chi connectivity index (χ0) is 10.7. The summed E-state index contributed by atoms with van der Waals surface area (Å²) in [5.74, 6) is -0.00579. The van der Waals surface area contributed by atoms with Crippen molar-refractivity contribution in [2.45, 2.75) is 13.8 Å². The third-order valence-electron chi connectivity index (χ3n) is 1.69. The number of carbonyl (C=O) groups excluding carboxylic acids is 1. The number of nitrogen functional groups attached to an aromatic ring is 1. The molecule has 4 nitrogen and oxygen atoms in total. The number of anilines is 1. The third kappa shape index (κ3) is 2.23. The maximum atomic E-state index is 11.4. The number of nitrogens with zero attached hydrogens (tertiary/aromatic N) is 1. The van der Waals surface area contributed by atoms with Crippen molar-refractivity contribution >= 4 is 27.7 Å². The number of pyridine rings is 1. The van der Waals surface area contributed by atoms with Crippen LogP contribution in [0.2, 0.25) is 0 Å². The normalized spacial score (nSPS) is 9.93. The van der Waals surface area contributed by atoms with Gasteiger partial charge in [0.1, 0.15) is 5.82 Å². The van der Waals surface area contributed by atoms with Crippen LogP contribution in [0.4, 0.5) is 5.82 Å². The quantitative estimate of drug-likeness (QED) is 0.824. The number of rotatable bonds is 2. The molecule has 0 saturated heterocycles. The summed E-state index contributed by atoms with van der Waals surface area (Å²) in [4.78, 5) is 15.4. The van der Waals surface area contributed by atoms with E-state index >= 15 is 0 Å². The fraction of sp³-hybridized carbons (Fsp3) is 0.333. The SMILES string of the molecule is CCOC(=O)c1cc(Br)c(N)nc1C. The molecule has 1 aromatic heterocycles. The van der Waals surface area contributed by atoms with Crippen molar-refractivity contribution in [2.75, 3.05) is 12.3 Å². The van der Waals surface area contributed by atoms with Gasteiger partial charge in [-0.05, 0) is 35.8 Å². The molecule has 0 amide bonds. The lowest BCUT2D eigenvalue weighted by Gasteiger charge is -2.06. The van der Waals surface area contributed by atoms with Crippen molar-refractivity contribution < 1.29 is 9.53 Å². The summed E-state index contributed by atoms with van der Waals surface area (Å²) in [6.45, 7) is 3.82. The highest BCUT2D eigenvalue weighted by molar-refractivity contribution is 9.10. The number of halogens is 1. The van der Waals surface area contributed by atoms with Crippen LogP contribution in [-0.4, -0.2) is 17.6 Å². The molecule has 0 aliphatic rings. The van der Waals surface area contributed by atoms with Crippen LogP contribution in [0.15, 0.2) is 10.5 Å². The molecule has 0 aliphatic heterocycles. The Morgan fingerprint density at radius 2 is 2.36 bits per heavy atom. The van der Waals surface area contributed by atoms with Gasteiger partial charge >= 0.3 is 5.97 Å². The van der Waals surface area contributed by atoms with Gasteiger partial charge in [-0.25, -0.2) is 9.78 Å². The maximum absolute atomic E-state index is 11.4. The first kappa shape index (κ1) is 11.0. The van der Waals surface area contributed by atoms with Crippen LogP contribution < -0.4 is 5.73 Å². The molecule has 1 aromatic rings. The largest absolute Gasteiger partial charge is 0.462 e. The Labute approximate surface area is 90.6 Å². The van der Waals surface area contributed by atoms with E-state index in [0.29, 0.717) is 28.2 Å². The Hall–Kier alpha value is -1.10. The minimum Gasteiger partial charge on any atom is -0.462 e. The van der Waals surface area contributed by atoms with Crippen LogP contribution in [0.5, 0.6) is 0 Å². The molecule has 0 fully saturated rings. The van der Waals surface area contributed by atoms with E-state index in [-0.39, 0.29) is 5.97 Å². The smallest absolute Gasteiger partial charge is 0.340 e. The molecule has 0 aromatic carbocycles. The molecular formula is C9H11BrN2O2. The molecule has 14 heavy (non-hydrogen) atoms. The second-order valence-corrected chi connectivity index (χ2v) is 3.56. The summed E-state index contributed by atoms with van der Waals surface area (Å²) in [6.07, 6.45) is 0. The molecule has 76 valence electrons. The maximum Gasteiger partial charge on any atom is 0.340 e. The highest BCUT2D eigenvalue weighted by Gasteiger charge is 2.13. The average molecular weight is 259 g/mol. The Bertz CT molecular complexity index is 366. The first-order valence-electron chi connectivity index (χ1n) is 4.16. The van der Waals surface area contributed by atoms with E-state index in [4.69, 9.17) is 10.5 Å². The number of carbonyl (C=O) groups is 1. The Kier molecular flexibility index (Phi) is 3.46. The molecule has 5 heteroatoms. The van der Waals surface area contributed by atoms with Crippen LogP contribution in [0.25, 0.3) is 0 Å². The first-order chi connectivity index (χ1) is 6.56. The zero-order valence-corrected chi connectivity index (χ0v) is 9.59. The lowest BCUT2D eigenvalue weighted by atomic mass is 10.2. The van der Waals surface area contributed by atoms with E-state index in [0.717, 1.165) is 0 Å². The van der Waals surface area contributed by atoms with E-state index in [9.17, 15) is 4.79 Å². The van der Waals surface area contributed by atoms with Crippen molar-refractivity contribution in [1.82, 2.24) is 4.98 Å². The highest BCUT2D eigenvalue weighted by atomic mass is 79.9. The van der Waals surface area contributed by atoms with Gasteiger partial charge in [-0.15, -0.1) is 0 Å². The second kappa shape index (κ2) is 4.41. The minimum atomic E-state index is -0.377. The number of esters is 1. The molecule has 0 aliphatic carbocycles. The average Bonchev–Trinajstić information content (AvgIpc) is 2.11. The Morgan fingerprint density at radius 1 is 1.71 bits per heavy atom. The summed E-state index contributed by atoms with van der Waals surface area (Å²) < 4.78 is 5.47. The Morgan fingerprint density at radius 3 is 2.93 bits per heavy atom. The number of hydrogen-bond acceptors (Lipinski definition) is 4. The highest BCUT2D eigenvalue weighted by Crippen LogP contribution is 2.20. The fourth-order valence-electron chi connectivity index (χ4n) is 1.01. The van der Waals surface area contributed by atoms with Crippen molar-refractivity contribution in [3.8, 4) is 0 Å². The topological polar surface area (TPSA) is 65.2 Å². The zero-order valence-electron chi connectivity index (χ0n) is 8.00. The van der Waals surface area contributed by atoms with Gasteiger partial charge in [0.2, 0.25) is 0 Å². The summed E-state index contributed by atoms with van der Waals surface area (Å²) in [5, 5.41) is 0. The molecular weight excluding hydrogens is 248 g/mol. The predicted octanol–water partition coefficient (Wildman–Crippen LogP) is 1.91. The van der Waals surface area contributed by atoms with E-state index in [1.165, 1.54) is 0 Å². The van der Waals surface area contributed by atoms with E-state index in [1.807, 2.05) is 0 Å². The summed E-state index contributed by atoms with van der Waals surface area (Å²) in [5.41, 5.74) is 6.56. The van der Waals surface area contributed by atoms with Crippen molar-refractivity contribution in [3.63, 3.8) is 0 Å². The van der Waals surface area contributed by atoms with Gasteiger partial charge in [-0.3, -0.25) is 0 Å². The number of aryl methyl sites for hydroxylation is 1. The molecule has 0 unspecified atom stereocenters. The number of aromatic nitrogens is 1. The summed E-state index contributed by atoms with van der Waals surface area (Å²) in [7, 11) is 0. The second-order valence-electron chi connectivity index (χ2n) is 2.71. The van der Waals surface area contributed by atoms with E-state index < -0.39 is 0 Å². The molecule has 0 spiro atoms. The van der Waals surface area contributed by atoms with Crippen LogP contribution in [0.1, 0.15) is 23.0 Å². The van der Waals surface area contributed by atoms with Crippen LogP contribution in [-0.2, 0) is 4.74 Å². The molecule has 0 atom stereocenters. The van der Waals surface area contributed by atoms with E-state index in [1.54, 1.807) is 19.9 Å². The van der Waals surface area contributed by atoms with Crippen molar-refractivity contribution in [2.24, 2.45) is 0 Å². The molecule has 1 rings (SSSR count). The van der Waals surface area contributed by atoms with Gasteiger partial charge in [0.25, 0.3) is 0 Å². The lowest BCUT2D eigenvalue weighted by Crippen LogP contribution is -2.09. The standard InChI is InChI=1S/C9H11BrN2O2/c1-3-14-9(13)6-4-7(10)8(11)12-5(6)2/h4H,3H2,1-2H3,(H2,11,12). The molecule has 0 saturated carbocycles. The summed E-state index contributed by atoms with van der Waals surface area (Å²) in [6, 6.07) is 1.62. The monoisotopic (exact) mass is 258 g/mol. The van der Waals surface area contributed by atoms with Gasteiger partial charge in [0.05, 0.1) is 22.3 Å². The molecule has 0 bridgehead atoms. The number of ether oxygens (including phenoxy) is 1. The minimum absolute atomic E-state index is 0.347. The van der Waals surface area contributed by atoms with E-state index in [2.05, 4.69) is 20.9 Å². The van der Waals surface area contributed by atoms with Crippen LogP contribution in [0, 0.1) is 6.92 Å². The molecule has 1 heterocycles.